The van der Waals surface area contributed by atoms with Crippen molar-refractivity contribution in [3.8, 4) is 11.5 Å². The minimum atomic E-state index is 0.231. The summed E-state index contributed by atoms with van der Waals surface area (Å²) in [6.07, 6.45) is 0.806. The van der Waals surface area contributed by atoms with Gasteiger partial charge in [-0.3, -0.25) is 0 Å². The fourth-order valence-electron chi connectivity index (χ4n) is 1.53. The van der Waals surface area contributed by atoms with Crippen LogP contribution in [0.4, 0.5) is 0 Å². The molecule has 0 aliphatic carbocycles. The minimum Gasteiger partial charge on any atom is -0.496 e. The number of aliphatic hydroxyl groups is 1. The molecule has 0 heterocycles. The molecule has 5 heteroatoms. The zero-order valence-electron chi connectivity index (χ0n) is 10.9. The number of ether oxygens (including phenoxy) is 2. The number of halogens is 1. The molecule has 102 valence electrons. The summed E-state index contributed by atoms with van der Waals surface area (Å²) in [5.41, 5.74) is 1.10. The maximum absolute atomic E-state index is 8.89. The van der Waals surface area contributed by atoms with Crippen LogP contribution in [0.1, 0.15) is 18.9 Å². The number of thioether (sulfide) groups is 1. The van der Waals surface area contributed by atoms with Gasteiger partial charge in [0.05, 0.1) is 18.7 Å². The van der Waals surface area contributed by atoms with E-state index in [2.05, 4.69) is 22.9 Å². The maximum Gasteiger partial charge on any atom is 0.133 e. The molecule has 0 aliphatic heterocycles. The van der Waals surface area contributed by atoms with Crippen LogP contribution in [0.2, 0.25) is 0 Å². The van der Waals surface area contributed by atoms with E-state index < -0.39 is 0 Å². The number of hydrogen-bond acceptors (Lipinski definition) is 4. The molecule has 0 radical (unpaired) electrons. The first-order chi connectivity index (χ1) is 8.62. The molecule has 1 N–H and O–H groups in total. The predicted molar refractivity (Wildman–Crippen MR) is 79.7 cm³/mol. The molecule has 1 unspecified atom stereocenters. The van der Waals surface area contributed by atoms with Gasteiger partial charge in [0, 0.05) is 23.2 Å². The molecule has 0 spiro atoms. The molecule has 0 bridgehead atoms. The van der Waals surface area contributed by atoms with Crippen molar-refractivity contribution in [2.75, 3.05) is 20.8 Å². The van der Waals surface area contributed by atoms with Crippen LogP contribution in [-0.4, -0.2) is 31.2 Å². The van der Waals surface area contributed by atoms with Crippen molar-refractivity contribution in [3.63, 3.8) is 0 Å². The van der Waals surface area contributed by atoms with Gasteiger partial charge in [0.2, 0.25) is 0 Å². The Morgan fingerprint density at radius 2 is 1.94 bits per heavy atom. The Balaban J connectivity index is 2.79. The molecule has 1 atom stereocenters. The van der Waals surface area contributed by atoms with E-state index in [1.165, 1.54) is 0 Å². The van der Waals surface area contributed by atoms with Crippen LogP contribution in [0.25, 0.3) is 0 Å². The highest BCUT2D eigenvalue weighted by molar-refractivity contribution is 9.10. The molecule has 0 saturated carbocycles. The Bertz CT molecular complexity index is 385. The maximum atomic E-state index is 8.89. The lowest BCUT2D eigenvalue weighted by molar-refractivity contribution is 0.289. The van der Waals surface area contributed by atoms with Gasteiger partial charge in [0.25, 0.3) is 0 Å². The second-order valence-electron chi connectivity index (χ2n) is 3.93. The van der Waals surface area contributed by atoms with Crippen LogP contribution in [0.3, 0.4) is 0 Å². The highest BCUT2D eigenvalue weighted by Gasteiger charge is 2.11. The number of rotatable bonds is 7. The van der Waals surface area contributed by atoms with E-state index in [-0.39, 0.29) is 6.61 Å². The molecular formula is C13H19BrO3S. The number of benzene rings is 1. The van der Waals surface area contributed by atoms with Gasteiger partial charge in [-0.05, 0) is 34.5 Å². The lowest BCUT2D eigenvalue weighted by Crippen LogP contribution is -2.01. The Kier molecular flexibility index (Phi) is 6.89. The molecular weight excluding hydrogens is 316 g/mol. The minimum absolute atomic E-state index is 0.231. The Morgan fingerprint density at radius 3 is 2.50 bits per heavy atom. The van der Waals surface area contributed by atoms with Crippen LogP contribution >= 0.6 is 27.7 Å². The van der Waals surface area contributed by atoms with Crippen LogP contribution in [-0.2, 0) is 5.75 Å². The van der Waals surface area contributed by atoms with Crippen molar-refractivity contribution in [2.45, 2.75) is 24.3 Å². The molecule has 0 fully saturated rings. The highest BCUT2D eigenvalue weighted by atomic mass is 79.9. The van der Waals surface area contributed by atoms with Crippen LogP contribution < -0.4 is 9.47 Å². The van der Waals surface area contributed by atoms with E-state index in [1.54, 1.807) is 26.0 Å². The quantitative estimate of drug-likeness (QED) is 0.828. The summed E-state index contributed by atoms with van der Waals surface area (Å²) in [5, 5.41) is 9.31. The van der Waals surface area contributed by atoms with E-state index in [1.807, 2.05) is 12.1 Å². The lowest BCUT2D eigenvalue weighted by Gasteiger charge is -2.14. The van der Waals surface area contributed by atoms with Crippen LogP contribution in [0, 0.1) is 0 Å². The topological polar surface area (TPSA) is 38.7 Å². The van der Waals surface area contributed by atoms with Gasteiger partial charge in [-0.2, -0.15) is 11.8 Å². The standard InChI is InChI=1S/C13H19BrO3S/c1-9(4-5-15)18-8-10-6-13(17-3)11(14)7-12(10)16-2/h6-7,9,15H,4-5,8H2,1-3H3. The third-order valence-electron chi connectivity index (χ3n) is 2.61. The van der Waals surface area contributed by atoms with Gasteiger partial charge in [0.1, 0.15) is 11.5 Å². The van der Waals surface area contributed by atoms with Crippen molar-refractivity contribution < 1.29 is 14.6 Å². The monoisotopic (exact) mass is 334 g/mol. The lowest BCUT2D eigenvalue weighted by atomic mass is 10.2. The van der Waals surface area contributed by atoms with Crippen molar-refractivity contribution in [3.05, 3.63) is 22.2 Å². The summed E-state index contributed by atoms with van der Waals surface area (Å²) < 4.78 is 11.5. The van der Waals surface area contributed by atoms with Crippen molar-refractivity contribution in [2.24, 2.45) is 0 Å². The Hall–Kier alpha value is -0.390. The highest BCUT2D eigenvalue weighted by Crippen LogP contribution is 2.35. The van der Waals surface area contributed by atoms with Gasteiger partial charge in [-0.25, -0.2) is 0 Å². The zero-order chi connectivity index (χ0) is 13.5. The second-order valence-corrected chi connectivity index (χ2v) is 6.21. The summed E-state index contributed by atoms with van der Waals surface area (Å²) in [6, 6.07) is 3.91. The van der Waals surface area contributed by atoms with Crippen LogP contribution in [0.15, 0.2) is 16.6 Å². The van der Waals surface area contributed by atoms with Gasteiger partial charge in [-0.1, -0.05) is 6.92 Å². The van der Waals surface area contributed by atoms with Crippen molar-refractivity contribution in [1.29, 1.82) is 0 Å². The smallest absolute Gasteiger partial charge is 0.133 e. The van der Waals surface area contributed by atoms with E-state index in [9.17, 15) is 0 Å². The first-order valence-electron chi connectivity index (χ1n) is 5.75. The molecule has 0 amide bonds. The largest absolute Gasteiger partial charge is 0.496 e. The molecule has 1 aromatic carbocycles. The fraction of sp³-hybridized carbons (Fsp3) is 0.538. The number of methoxy groups -OCH3 is 2. The van der Waals surface area contributed by atoms with Gasteiger partial charge in [0.15, 0.2) is 0 Å². The van der Waals surface area contributed by atoms with Crippen molar-refractivity contribution in [1.82, 2.24) is 0 Å². The number of hydrogen-bond donors (Lipinski definition) is 1. The number of aliphatic hydroxyl groups excluding tert-OH is 1. The zero-order valence-corrected chi connectivity index (χ0v) is 13.3. The van der Waals surface area contributed by atoms with Crippen molar-refractivity contribution >= 4 is 27.7 Å². The van der Waals surface area contributed by atoms with E-state index >= 15 is 0 Å². The molecule has 1 rings (SSSR count). The van der Waals surface area contributed by atoms with E-state index in [4.69, 9.17) is 14.6 Å². The molecule has 0 aliphatic rings. The first kappa shape index (κ1) is 15.7. The summed E-state index contributed by atoms with van der Waals surface area (Å²) >= 11 is 5.24. The SMILES string of the molecule is COc1cc(CSC(C)CCO)c(OC)cc1Br. The average molecular weight is 335 g/mol. The predicted octanol–water partition coefficient (Wildman–Crippen LogP) is 3.47. The summed E-state index contributed by atoms with van der Waals surface area (Å²) in [4.78, 5) is 0. The Labute approximate surface area is 121 Å². The van der Waals surface area contributed by atoms with E-state index in [0.29, 0.717) is 5.25 Å². The van der Waals surface area contributed by atoms with Gasteiger partial charge >= 0.3 is 0 Å². The Morgan fingerprint density at radius 1 is 1.28 bits per heavy atom. The van der Waals surface area contributed by atoms with E-state index in [0.717, 1.165) is 33.7 Å². The molecule has 18 heavy (non-hydrogen) atoms. The first-order valence-corrected chi connectivity index (χ1v) is 7.59. The van der Waals surface area contributed by atoms with Gasteiger partial charge < -0.3 is 14.6 Å². The molecule has 3 nitrogen and oxygen atoms in total. The second kappa shape index (κ2) is 7.92. The normalized spacial score (nSPS) is 12.3. The third kappa shape index (κ3) is 4.37. The van der Waals surface area contributed by atoms with Gasteiger partial charge in [-0.15, -0.1) is 0 Å². The average Bonchev–Trinajstić information content (AvgIpc) is 2.37. The summed E-state index contributed by atoms with van der Waals surface area (Å²) in [6.45, 7) is 2.35. The van der Waals surface area contributed by atoms with Crippen LogP contribution in [0.5, 0.6) is 11.5 Å². The summed E-state index contributed by atoms with van der Waals surface area (Å²) in [7, 11) is 3.32. The fourth-order valence-corrected chi connectivity index (χ4v) is 2.98. The molecule has 0 aromatic heterocycles. The molecule has 0 saturated heterocycles. The molecule has 1 aromatic rings. The third-order valence-corrected chi connectivity index (χ3v) is 4.52. The summed E-state index contributed by atoms with van der Waals surface area (Å²) in [5.74, 6) is 2.50.